The molecule has 4 heteroatoms. The van der Waals surface area contributed by atoms with Gasteiger partial charge in [0.25, 0.3) is 0 Å². The van der Waals surface area contributed by atoms with Crippen LogP contribution in [0.25, 0.3) is 5.57 Å². The van der Waals surface area contributed by atoms with Crippen molar-refractivity contribution in [3.8, 4) is 0 Å². The van der Waals surface area contributed by atoms with Gasteiger partial charge in [0, 0.05) is 18.8 Å². The molecule has 0 amide bonds. The van der Waals surface area contributed by atoms with Crippen LogP contribution in [0.4, 0.5) is 0 Å². The maximum absolute atomic E-state index is 6.03. The average Bonchev–Trinajstić information content (AvgIpc) is 2.48. The monoisotopic (exact) mass is 284 g/mol. The molecule has 1 aromatic heterocycles. The highest BCUT2D eigenvalue weighted by Gasteiger charge is 2.34. The van der Waals surface area contributed by atoms with E-state index >= 15 is 0 Å². The largest absolute Gasteiger partial charge is 0.310 e. The second-order valence-corrected chi connectivity index (χ2v) is 5.25. The summed E-state index contributed by atoms with van der Waals surface area (Å²) in [6.07, 6.45) is 5.33. The van der Waals surface area contributed by atoms with Crippen LogP contribution in [0.5, 0.6) is 0 Å². The molecule has 0 unspecified atom stereocenters. The van der Waals surface area contributed by atoms with Crippen molar-refractivity contribution in [1.29, 1.82) is 0 Å². The van der Waals surface area contributed by atoms with E-state index in [0.29, 0.717) is 15.7 Å². The molecule has 2 atom stereocenters. The summed E-state index contributed by atoms with van der Waals surface area (Å²) in [4.78, 5) is 4.22. The van der Waals surface area contributed by atoms with Crippen LogP contribution in [0.15, 0.2) is 22.9 Å². The summed E-state index contributed by atoms with van der Waals surface area (Å²) in [7, 11) is 0. The summed E-state index contributed by atoms with van der Waals surface area (Å²) in [5.74, 6) is 0.794. The Morgan fingerprint density at radius 2 is 2.40 bits per heavy atom. The molecule has 78 valence electrons. The zero-order valence-corrected chi connectivity index (χ0v) is 10.3. The number of pyridine rings is 1. The van der Waals surface area contributed by atoms with Crippen LogP contribution in [0.1, 0.15) is 12.0 Å². The van der Waals surface area contributed by atoms with Gasteiger partial charge in [0.1, 0.15) is 4.60 Å². The molecule has 0 radical (unpaired) electrons. The third-order valence-corrected chi connectivity index (χ3v) is 4.30. The van der Waals surface area contributed by atoms with Crippen molar-refractivity contribution in [2.45, 2.75) is 12.5 Å². The Bertz CT molecular complexity index is 444. The molecule has 1 aliphatic carbocycles. The molecular weight excluding hydrogens is 275 g/mol. The first-order valence-corrected chi connectivity index (χ1v) is 6.16. The van der Waals surface area contributed by atoms with Gasteiger partial charge in [-0.15, -0.1) is 0 Å². The van der Waals surface area contributed by atoms with E-state index in [1.807, 2.05) is 12.3 Å². The third kappa shape index (κ3) is 1.63. The number of halogens is 2. The normalized spacial score (nSPS) is 28.3. The Morgan fingerprint density at radius 3 is 2.93 bits per heavy atom. The van der Waals surface area contributed by atoms with Crippen molar-refractivity contribution in [3.63, 3.8) is 0 Å². The van der Waals surface area contributed by atoms with Gasteiger partial charge in [0.05, 0.1) is 5.02 Å². The van der Waals surface area contributed by atoms with E-state index in [4.69, 9.17) is 11.6 Å². The van der Waals surface area contributed by atoms with Gasteiger partial charge in [0.2, 0.25) is 0 Å². The molecule has 2 nitrogen and oxygen atoms in total. The minimum Gasteiger partial charge on any atom is -0.310 e. The summed E-state index contributed by atoms with van der Waals surface area (Å²) < 4.78 is 0.715. The smallest absolute Gasteiger partial charge is 0.124 e. The van der Waals surface area contributed by atoms with Crippen LogP contribution in [0.2, 0.25) is 5.02 Å². The molecule has 1 N–H and O–H groups in total. The van der Waals surface area contributed by atoms with Crippen LogP contribution in [0.3, 0.4) is 0 Å². The van der Waals surface area contributed by atoms with Crippen molar-refractivity contribution in [1.82, 2.24) is 10.3 Å². The Labute approximate surface area is 102 Å². The molecule has 0 spiro atoms. The highest BCUT2D eigenvalue weighted by Crippen LogP contribution is 2.37. The van der Waals surface area contributed by atoms with Crippen molar-refractivity contribution in [2.75, 3.05) is 6.54 Å². The van der Waals surface area contributed by atoms with E-state index in [-0.39, 0.29) is 0 Å². The van der Waals surface area contributed by atoms with Gasteiger partial charge < -0.3 is 5.32 Å². The van der Waals surface area contributed by atoms with Gasteiger partial charge in [-0.25, -0.2) is 4.98 Å². The molecule has 0 bridgehead atoms. The van der Waals surface area contributed by atoms with Crippen LogP contribution >= 0.6 is 27.5 Å². The van der Waals surface area contributed by atoms with Crippen molar-refractivity contribution >= 4 is 33.1 Å². The van der Waals surface area contributed by atoms with Crippen LogP contribution in [-0.2, 0) is 0 Å². The Morgan fingerprint density at radius 1 is 1.53 bits per heavy atom. The molecule has 1 fully saturated rings. The van der Waals surface area contributed by atoms with Gasteiger partial charge in [-0.2, -0.15) is 0 Å². The molecule has 0 aromatic carbocycles. The fraction of sp³-hybridized carbons (Fsp3) is 0.364. The van der Waals surface area contributed by atoms with E-state index < -0.39 is 0 Å². The first-order chi connectivity index (χ1) is 7.24. The topological polar surface area (TPSA) is 24.9 Å². The van der Waals surface area contributed by atoms with Crippen LogP contribution in [-0.4, -0.2) is 17.6 Å². The lowest BCUT2D eigenvalue weighted by molar-refractivity contribution is 0.301. The SMILES string of the molecule is Clc1cc(C2=C[C@@H]3NC[C@@H]3C2)cnc1Br. The van der Waals surface area contributed by atoms with E-state index in [9.17, 15) is 0 Å². The van der Waals surface area contributed by atoms with Gasteiger partial charge in [0.15, 0.2) is 0 Å². The average molecular weight is 286 g/mol. The lowest BCUT2D eigenvalue weighted by Crippen LogP contribution is -2.49. The maximum atomic E-state index is 6.03. The number of fused-ring (bicyclic) bond motifs is 1. The van der Waals surface area contributed by atoms with Gasteiger partial charge >= 0.3 is 0 Å². The number of hydrogen-bond acceptors (Lipinski definition) is 2. The number of aromatic nitrogens is 1. The van der Waals surface area contributed by atoms with E-state index in [0.717, 1.165) is 24.4 Å². The van der Waals surface area contributed by atoms with Crippen molar-refractivity contribution in [3.05, 3.63) is 33.5 Å². The molecule has 0 saturated carbocycles. The van der Waals surface area contributed by atoms with Crippen LogP contribution < -0.4 is 5.32 Å². The van der Waals surface area contributed by atoms with Crippen LogP contribution in [0, 0.1) is 5.92 Å². The highest BCUT2D eigenvalue weighted by atomic mass is 79.9. The predicted octanol–water partition coefficient (Wildman–Crippen LogP) is 2.87. The standard InChI is InChI=1S/C11H10BrClN2/c12-11-9(13)2-7(4-15-11)6-1-8-5-14-10(8)3-6/h2-4,8,10,14H,1,5H2/t8-,10-/m0/s1. The quantitative estimate of drug-likeness (QED) is 0.803. The molecule has 1 aliphatic heterocycles. The number of rotatable bonds is 1. The minimum absolute atomic E-state index is 0.586. The van der Waals surface area contributed by atoms with Gasteiger partial charge in [-0.05, 0) is 45.5 Å². The number of nitrogens with zero attached hydrogens (tertiary/aromatic N) is 1. The summed E-state index contributed by atoms with van der Waals surface area (Å²) in [6, 6.07) is 2.57. The zero-order valence-electron chi connectivity index (χ0n) is 8.00. The lowest BCUT2D eigenvalue weighted by Gasteiger charge is -2.31. The molecule has 2 heterocycles. The Balaban J connectivity index is 1.93. The first-order valence-electron chi connectivity index (χ1n) is 4.99. The Hall–Kier alpha value is -0.380. The van der Waals surface area contributed by atoms with Crippen molar-refractivity contribution in [2.24, 2.45) is 5.92 Å². The summed E-state index contributed by atoms with van der Waals surface area (Å²) in [5.41, 5.74) is 2.52. The van der Waals surface area contributed by atoms with E-state index in [1.54, 1.807) is 0 Å². The molecule has 2 aliphatic rings. The molecule has 3 rings (SSSR count). The highest BCUT2D eigenvalue weighted by molar-refractivity contribution is 9.10. The zero-order chi connectivity index (χ0) is 10.4. The summed E-state index contributed by atoms with van der Waals surface area (Å²) in [6.45, 7) is 1.14. The lowest BCUT2D eigenvalue weighted by atomic mass is 9.94. The molecule has 1 aromatic rings. The Kier molecular flexibility index (Phi) is 2.34. The first kappa shape index (κ1) is 9.82. The fourth-order valence-corrected chi connectivity index (χ4v) is 2.58. The van der Waals surface area contributed by atoms with E-state index in [2.05, 4.69) is 32.3 Å². The van der Waals surface area contributed by atoms with Gasteiger partial charge in [-0.1, -0.05) is 17.7 Å². The summed E-state index contributed by atoms with van der Waals surface area (Å²) in [5, 5.41) is 4.08. The molecule has 1 saturated heterocycles. The number of hydrogen-bond donors (Lipinski definition) is 1. The van der Waals surface area contributed by atoms with Crippen molar-refractivity contribution < 1.29 is 0 Å². The second kappa shape index (κ2) is 3.58. The predicted molar refractivity (Wildman–Crippen MR) is 64.8 cm³/mol. The maximum Gasteiger partial charge on any atom is 0.124 e. The second-order valence-electron chi connectivity index (χ2n) is 4.09. The fourth-order valence-electron chi connectivity index (χ4n) is 2.19. The minimum atomic E-state index is 0.586. The third-order valence-electron chi connectivity index (χ3n) is 3.15. The number of nitrogens with one attached hydrogen (secondary N) is 1. The number of allylic oxidation sites excluding steroid dienone is 1. The van der Waals surface area contributed by atoms with E-state index in [1.165, 1.54) is 5.57 Å². The summed E-state index contributed by atoms with van der Waals surface area (Å²) >= 11 is 9.33. The molecule has 15 heavy (non-hydrogen) atoms. The van der Waals surface area contributed by atoms with Gasteiger partial charge in [-0.3, -0.25) is 0 Å². The molecular formula is C11H10BrClN2.